The summed E-state index contributed by atoms with van der Waals surface area (Å²) < 4.78 is 16.7. The van der Waals surface area contributed by atoms with E-state index in [9.17, 15) is 0 Å². The molecule has 2 aromatic rings. The van der Waals surface area contributed by atoms with E-state index in [1.807, 2.05) is 43.3 Å². The monoisotopic (exact) mass is 357 g/mol. The van der Waals surface area contributed by atoms with Crippen LogP contribution in [0.3, 0.4) is 0 Å². The minimum absolute atomic E-state index is 0.163. The average Bonchev–Trinajstić information content (AvgIpc) is 2.62. The first-order chi connectivity index (χ1) is 12.5. The minimum atomic E-state index is 0.163. The van der Waals surface area contributed by atoms with E-state index in [-0.39, 0.29) is 5.41 Å². The Hall–Kier alpha value is -2.20. The van der Waals surface area contributed by atoms with Crippen LogP contribution in [0.15, 0.2) is 48.5 Å². The van der Waals surface area contributed by atoms with Crippen LogP contribution in [-0.4, -0.2) is 33.0 Å². The van der Waals surface area contributed by atoms with E-state index in [4.69, 9.17) is 14.2 Å². The van der Waals surface area contributed by atoms with Gasteiger partial charge in [0.25, 0.3) is 0 Å². The van der Waals surface area contributed by atoms with Gasteiger partial charge in [-0.25, -0.2) is 0 Å². The highest BCUT2D eigenvalue weighted by Crippen LogP contribution is 2.24. The van der Waals surface area contributed by atoms with Crippen molar-refractivity contribution < 1.29 is 14.2 Å². The fourth-order valence-corrected chi connectivity index (χ4v) is 2.47. The zero-order valence-electron chi connectivity index (χ0n) is 16.4. The Bertz CT molecular complexity index is 647. The zero-order chi connectivity index (χ0) is 18.8. The van der Waals surface area contributed by atoms with Crippen molar-refractivity contribution in [2.45, 2.75) is 33.1 Å². The van der Waals surface area contributed by atoms with E-state index in [2.05, 4.69) is 38.2 Å². The summed E-state index contributed by atoms with van der Waals surface area (Å²) in [5.41, 5.74) is 2.49. The van der Waals surface area contributed by atoms with Gasteiger partial charge in [0.15, 0.2) is 0 Å². The topological polar surface area (TPSA) is 39.7 Å². The summed E-state index contributed by atoms with van der Waals surface area (Å²) in [6, 6.07) is 16.3. The normalized spacial score (nSPS) is 11.2. The van der Waals surface area contributed by atoms with Crippen molar-refractivity contribution >= 4 is 5.69 Å². The molecule has 4 nitrogen and oxygen atoms in total. The van der Waals surface area contributed by atoms with Crippen LogP contribution in [0.4, 0.5) is 5.69 Å². The Morgan fingerprint density at radius 3 is 2.27 bits per heavy atom. The Kier molecular flexibility index (Phi) is 7.79. The molecule has 0 bridgehead atoms. The molecule has 26 heavy (non-hydrogen) atoms. The molecule has 2 rings (SSSR count). The number of ether oxygens (including phenoxy) is 3. The summed E-state index contributed by atoms with van der Waals surface area (Å²) in [6.07, 6.45) is 0. The third-order valence-electron chi connectivity index (χ3n) is 3.95. The first kappa shape index (κ1) is 20.1. The van der Waals surface area contributed by atoms with Crippen LogP contribution < -0.4 is 14.8 Å². The van der Waals surface area contributed by atoms with Gasteiger partial charge in [-0.15, -0.1) is 0 Å². The van der Waals surface area contributed by atoms with E-state index in [1.54, 1.807) is 0 Å². The molecule has 0 spiro atoms. The van der Waals surface area contributed by atoms with Crippen molar-refractivity contribution in [1.29, 1.82) is 0 Å². The van der Waals surface area contributed by atoms with Gasteiger partial charge in [0.1, 0.15) is 24.7 Å². The standard InChI is InChI=1S/C22H31NO3/c1-5-24-15-16-26-21-8-6-7-19(17-21)23-13-14-25-20-11-9-18(10-12-20)22(2,3)4/h6-12,17,23H,5,13-16H2,1-4H3. The molecule has 4 heteroatoms. The Morgan fingerprint density at radius 1 is 0.846 bits per heavy atom. The molecule has 0 radical (unpaired) electrons. The van der Waals surface area contributed by atoms with Crippen molar-refractivity contribution in [3.8, 4) is 11.5 Å². The van der Waals surface area contributed by atoms with Gasteiger partial charge in [0.2, 0.25) is 0 Å². The molecule has 0 amide bonds. The van der Waals surface area contributed by atoms with Crippen LogP contribution in [0.5, 0.6) is 11.5 Å². The lowest BCUT2D eigenvalue weighted by molar-refractivity contribution is 0.110. The summed E-state index contributed by atoms with van der Waals surface area (Å²) in [6.45, 7) is 11.8. The Balaban J connectivity index is 1.72. The van der Waals surface area contributed by atoms with Crippen molar-refractivity contribution in [3.05, 3.63) is 54.1 Å². The Labute approximate surface area is 157 Å². The smallest absolute Gasteiger partial charge is 0.121 e. The van der Waals surface area contributed by atoms with Gasteiger partial charge in [-0.05, 0) is 42.2 Å². The molecule has 142 valence electrons. The molecule has 0 aromatic heterocycles. The summed E-state index contributed by atoms with van der Waals surface area (Å²) in [4.78, 5) is 0. The van der Waals surface area contributed by atoms with Crippen LogP contribution in [0.25, 0.3) is 0 Å². The van der Waals surface area contributed by atoms with E-state index >= 15 is 0 Å². The first-order valence-corrected chi connectivity index (χ1v) is 9.27. The lowest BCUT2D eigenvalue weighted by Gasteiger charge is -2.19. The molecule has 0 aliphatic heterocycles. The highest BCUT2D eigenvalue weighted by Gasteiger charge is 2.12. The first-order valence-electron chi connectivity index (χ1n) is 9.27. The van der Waals surface area contributed by atoms with Gasteiger partial charge in [0, 0.05) is 24.9 Å². The molecule has 2 aromatic carbocycles. The molecule has 0 aliphatic rings. The maximum Gasteiger partial charge on any atom is 0.121 e. The lowest BCUT2D eigenvalue weighted by atomic mass is 9.87. The lowest BCUT2D eigenvalue weighted by Crippen LogP contribution is -2.13. The van der Waals surface area contributed by atoms with Crippen molar-refractivity contribution in [2.24, 2.45) is 0 Å². The molecular weight excluding hydrogens is 326 g/mol. The fourth-order valence-electron chi connectivity index (χ4n) is 2.47. The molecule has 0 atom stereocenters. The highest BCUT2D eigenvalue weighted by atomic mass is 16.5. The molecule has 0 saturated carbocycles. The van der Waals surface area contributed by atoms with E-state index in [0.29, 0.717) is 26.4 Å². The van der Waals surface area contributed by atoms with Gasteiger partial charge in [-0.1, -0.05) is 39.0 Å². The maximum atomic E-state index is 5.81. The molecule has 0 fully saturated rings. The second-order valence-electron chi connectivity index (χ2n) is 7.12. The van der Waals surface area contributed by atoms with E-state index in [1.165, 1.54) is 5.56 Å². The predicted octanol–water partition coefficient (Wildman–Crippen LogP) is 4.89. The SMILES string of the molecule is CCOCCOc1cccc(NCCOc2ccc(C(C)(C)C)cc2)c1. The highest BCUT2D eigenvalue weighted by molar-refractivity contribution is 5.48. The predicted molar refractivity (Wildman–Crippen MR) is 108 cm³/mol. The van der Waals surface area contributed by atoms with Crippen LogP contribution in [0, 0.1) is 0 Å². The van der Waals surface area contributed by atoms with Gasteiger partial charge in [-0.3, -0.25) is 0 Å². The molecule has 0 unspecified atom stereocenters. The minimum Gasteiger partial charge on any atom is -0.492 e. The van der Waals surface area contributed by atoms with Crippen LogP contribution in [-0.2, 0) is 10.2 Å². The molecule has 1 N–H and O–H groups in total. The van der Waals surface area contributed by atoms with Gasteiger partial charge in [0.05, 0.1) is 6.61 Å². The molecule has 0 heterocycles. The second-order valence-corrected chi connectivity index (χ2v) is 7.12. The molecule has 0 aliphatic carbocycles. The van der Waals surface area contributed by atoms with Crippen molar-refractivity contribution in [1.82, 2.24) is 0 Å². The van der Waals surface area contributed by atoms with Crippen molar-refractivity contribution in [2.75, 3.05) is 38.3 Å². The van der Waals surface area contributed by atoms with Crippen LogP contribution >= 0.6 is 0 Å². The number of anilines is 1. The fraction of sp³-hybridized carbons (Fsp3) is 0.455. The third-order valence-corrected chi connectivity index (χ3v) is 3.95. The molecule has 0 saturated heterocycles. The van der Waals surface area contributed by atoms with Gasteiger partial charge >= 0.3 is 0 Å². The average molecular weight is 357 g/mol. The number of hydrogen-bond donors (Lipinski definition) is 1. The van der Waals surface area contributed by atoms with Crippen LogP contribution in [0.1, 0.15) is 33.3 Å². The molecular formula is C22H31NO3. The maximum absolute atomic E-state index is 5.81. The summed E-state index contributed by atoms with van der Waals surface area (Å²) >= 11 is 0. The van der Waals surface area contributed by atoms with Gasteiger partial charge in [-0.2, -0.15) is 0 Å². The summed E-state index contributed by atoms with van der Waals surface area (Å²) in [5.74, 6) is 1.74. The summed E-state index contributed by atoms with van der Waals surface area (Å²) in [7, 11) is 0. The Morgan fingerprint density at radius 2 is 1.58 bits per heavy atom. The largest absolute Gasteiger partial charge is 0.492 e. The third kappa shape index (κ3) is 6.96. The number of benzene rings is 2. The second kappa shape index (κ2) is 10.1. The number of nitrogens with one attached hydrogen (secondary N) is 1. The van der Waals surface area contributed by atoms with Gasteiger partial charge < -0.3 is 19.5 Å². The van der Waals surface area contributed by atoms with Crippen LogP contribution in [0.2, 0.25) is 0 Å². The quantitative estimate of drug-likeness (QED) is 0.615. The summed E-state index contributed by atoms with van der Waals surface area (Å²) in [5, 5.41) is 3.36. The zero-order valence-corrected chi connectivity index (χ0v) is 16.4. The van der Waals surface area contributed by atoms with Crippen molar-refractivity contribution in [3.63, 3.8) is 0 Å². The number of hydrogen-bond acceptors (Lipinski definition) is 4. The number of rotatable bonds is 10. The van der Waals surface area contributed by atoms with E-state index < -0.39 is 0 Å². The van der Waals surface area contributed by atoms with E-state index in [0.717, 1.165) is 23.7 Å².